The molecule has 1 aliphatic heterocycles. The lowest BCUT2D eigenvalue weighted by molar-refractivity contribution is -0.125. The number of ether oxygens (including phenoxy) is 1. The monoisotopic (exact) mass is 238 g/mol. The first-order chi connectivity index (χ1) is 8.18. The fraction of sp³-hybridized carbons (Fsp3) is 0.636. The highest BCUT2D eigenvalue weighted by atomic mass is 16.5. The number of hydrogen-bond acceptors (Lipinski definition) is 4. The smallest absolute Gasteiger partial charge is 0.227 e. The molecule has 0 aliphatic carbocycles. The molecular formula is C11H18N4O2. The van der Waals surface area contributed by atoms with E-state index in [0.29, 0.717) is 19.8 Å². The average molecular weight is 238 g/mol. The number of nitrogens with zero attached hydrogens (tertiary/aromatic N) is 2. The van der Waals surface area contributed by atoms with E-state index in [0.717, 1.165) is 12.1 Å². The normalized spacial score (nSPS) is 23.9. The Morgan fingerprint density at radius 1 is 1.71 bits per heavy atom. The highest BCUT2D eigenvalue weighted by molar-refractivity contribution is 5.79. The fourth-order valence-corrected chi connectivity index (χ4v) is 1.93. The standard InChI is InChI=1S/C11H18N4O2/c1-15-8(3-5-14-15)2-4-13-11(16)9-6-17-7-10(9)12/h3,5,9-10H,2,4,6-7,12H2,1H3,(H,13,16). The first-order valence-electron chi connectivity index (χ1n) is 5.76. The van der Waals surface area contributed by atoms with E-state index in [1.54, 1.807) is 10.9 Å². The summed E-state index contributed by atoms with van der Waals surface area (Å²) in [4.78, 5) is 11.8. The van der Waals surface area contributed by atoms with Gasteiger partial charge in [0.15, 0.2) is 0 Å². The van der Waals surface area contributed by atoms with Gasteiger partial charge in [0.05, 0.1) is 19.1 Å². The van der Waals surface area contributed by atoms with Crippen LogP contribution in [0.25, 0.3) is 0 Å². The van der Waals surface area contributed by atoms with Crippen molar-refractivity contribution in [3.63, 3.8) is 0 Å². The Hall–Kier alpha value is -1.40. The molecule has 1 aromatic rings. The van der Waals surface area contributed by atoms with Crippen molar-refractivity contribution in [2.45, 2.75) is 12.5 Å². The predicted molar refractivity (Wildman–Crippen MR) is 62.2 cm³/mol. The van der Waals surface area contributed by atoms with Crippen molar-refractivity contribution in [1.82, 2.24) is 15.1 Å². The van der Waals surface area contributed by atoms with Crippen molar-refractivity contribution in [3.05, 3.63) is 18.0 Å². The van der Waals surface area contributed by atoms with Crippen molar-refractivity contribution < 1.29 is 9.53 Å². The molecule has 1 saturated heterocycles. The number of amides is 1. The van der Waals surface area contributed by atoms with E-state index < -0.39 is 0 Å². The van der Waals surface area contributed by atoms with Crippen LogP contribution in [0.4, 0.5) is 0 Å². The Kier molecular flexibility index (Phi) is 3.75. The van der Waals surface area contributed by atoms with E-state index in [2.05, 4.69) is 10.4 Å². The third-order valence-corrected chi connectivity index (χ3v) is 3.06. The lowest BCUT2D eigenvalue weighted by Crippen LogP contribution is -2.41. The molecule has 1 aliphatic rings. The Labute approximate surface area is 100 Å². The number of hydrogen-bond donors (Lipinski definition) is 2. The summed E-state index contributed by atoms with van der Waals surface area (Å²) in [7, 11) is 1.89. The van der Waals surface area contributed by atoms with Crippen LogP contribution in [0.2, 0.25) is 0 Å². The van der Waals surface area contributed by atoms with E-state index >= 15 is 0 Å². The Morgan fingerprint density at radius 2 is 2.53 bits per heavy atom. The number of nitrogens with one attached hydrogen (secondary N) is 1. The molecular weight excluding hydrogens is 220 g/mol. The molecule has 2 rings (SSSR count). The van der Waals surface area contributed by atoms with Gasteiger partial charge < -0.3 is 15.8 Å². The predicted octanol–water partition coefficient (Wildman–Crippen LogP) is -0.947. The molecule has 1 amide bonds. The summed E-state index contributed by atoms with van der Waals surface area (Å²) in [6, 6.07) is 1.77. The van der Waals surface area contributed by atoms with E-state index in [1.165, 1.54) is 0 Å². The second kappa shape index (κ2) is 5.29. The number of carbonyl (C=O) groups excluding carboxylic acids is 1. The molecule has 6 heteroatoms. The van der Waals surface area contributed by atoms with Gasteiger partial charge in [0.1, 0.15) is 0 Å². The minimum absolute atomic E-state index is 0.0165. The molecule has 2 unspecified atom stereocenters. The van der Waals surface area contributed by atoms with Crippen LogP contribution in [-0.2, 0) is 23.0 Å². The molecule has 0 saturated carbocycles. The minimum Gasteiger partial charge on any atom is -0.379 e. The molecule has 1 aromatic heterocycles. The van der Waals surface area contributed by atoms with Gasteiger partial charge in [-0.25, -0.2) is 0 Å². The number of rotatable bonds is 4. The van der Waals surface area contributed by atoms with E-state index in [4.69, 9.17) is 10.5 Å². The summed E-state index contributed by atoms with van der Waals surface area (Å²) >= 11 is 0. The summed E-state index contributed by atoms with van der Waals surface area (Å²) in [6.45, 7) is 1.50. The van der Waals surface area contributed by atoms with Crippen molar-refractivity contribution in [3.8, 4) is 0 Å². The summed E-state index contributed by atoms with van der Waals surface area (Å²) in [5.41, 5.74) is 6.87. The zero-order valence-corrected chi connectivity index (χ0v) is 9.93. The van der Waals surface area contributed by atoms with Gasteiger partial charge in [-0.3, -0.25) is 9.48 Å². The van der Waals surface area contributed by atoms with E-state index in [-0.39, 0.29) is 17.9 Å². The second-order valence-corrected chi connectivity index (χ2v) is 4.29. The van der Waals surface area contributed by atoms with Gasteiger partial charge in [-0.2, -0.15) is 5.10 Å². The van der Waals surface area contributed by atoms with Crippen molar-refractivity contribution >= 4 is 5.91 Å². The largest absolute Gasteiger partial charge is 0.379 e. The highest BCUT2D eigenvalue weighted by Crippen LogP contribution is 2.11. The maximum atomic E-state index is 11.8. The molecule has 0 aromatic carbocycles. The van der Waals surface area contributed by atoms with Gasteiger partial charge in [0.25, 0.3) is 0 Å². The first kappa shape index (κ1) is 12.1. The minimum atomic E-state index is -0.207. The van der Waals surface area contributed by atoms with Crippen LogP contribution >= 0.6 is 0 Å². The molecule has 1 fully saturated rings. The topological polar surface area (TPSA) is 82.2 Å². The van der Waals surface area contributed by atoms with Crippen LogP contribution in [0.5, 0.6) is 0 Å². The summed E-state index contributed by atoms with van der Waals surface area (Å²) in [5.74, 6) is -0.223. The lowest BCUT2D eigenvalue weighted by Gasteiger charge is -2.13. The number of carbonyl (C=O) groups is 1. The van der Waals surface area contributed by atoms with Crippen LogP contribution in [0.1, 0.15) is 5.69 Å². The van der Waals surface area contributed by atoms with Crippen LogP contribution in [-0.4, -0.2) is 41.5 Å². The van der Waals surface area contributed by atoms with Gasteiger partial charge in [-0.1, -0.05) is 0 Å². The number of nitrogens with two attached hydrogens (primary N) is 1. The molecule has 6 nitrogen and oxygen atoms in total. The van der Waals surface area contributed by atoms with Gasteiger partial charge in [0.2, 0.25) is 5.91 Å². The zero-order valence-electron chi connectivity index (χ0n) is 9.93. The first-order valence-corrected chi connectivity index (χ1v) is 5.76. The quantitative estimate of drug-likeness (QED) is 0.708. The lowest BCUT2D eigenvalue weighted by atomic mass is 10.0. The second-order valence-electron chi connectivity index (χ2n) is 4.29. The third kappa shape index (κ3) is 2.83. The third-order valence-electron chi connectivity index (χ3n) is 3.06. The average Bonchev–Trinajstić information content (AvgIpc) is 2.88. The van der Waals surface area contributed by atoms with Crippen LogP contribution in [0, 0.1) is 5.92 Å². The molecule has 0 bridgehead atoms. The van der Waals surface area contributed by atoms with Gasteiger partial charge in [-0.15, -0.1) is 0 Å². The van der Waals surface area contributed by atoms with E-state index in [9.17, 15) is 4.79 Å². The summed E-state index contributed by atoms with van der Waals surface area (Å²) in [5, 5.41) is 6.95. The maximum Gasteiger partial charge on any atom is 0.227 e. The summed E-state index contributed by atoms with van der Waals surface area (Å²) < 4.78 is 6.96. The van der Waals surface area contributed by atoms with Crippen molar-refractivity contribution in [1.29, 1.82) is 0 Å². The molecule has 0 spiro atoms. The Balaban J connectivity index is 1.75. The fourth-order valence-electron chi connectivity index (χ4n) is 1.93. The van der Waals surface area contributed by atoms with Crippen molar-refractivity contribution in [2.24, 2.45) is 18.7 Å². The van der Waals surface area contributed by atoms with Gasteiger partial charge in [0, 0.05) is 37.9 Å². The molecule has 2 heterocycles. The summed E-state index contributed by atoms with van der Waals surface area (Å²) in [6.07, 6.45) is 2.52. The number of aryl methyl sites for hydroxylation is 1. The maximum absolute atomic E-state index is 11.8. The molecule has 3 N–H and O–H groups in total. The zero-order chi connectivity index (χ0) is 12.3. The Bertz CT molecular complexity index is 391. The highest BCUT2D eigenvalue weighted by Gasteiger charge is 2.30. The number of aromatic nitrogens is 2. The molecule has 0 radical (unpaired) electrons. The van der Waals surface area contributed by atoms with Crippen LogP contribution in [0.15, 0.2) is 12.3 Å². The van der Waals surface area contributed by atoms with Gasteiger partial charge >= 0.3 is 0 Å². The Morgan fingerprint density at radius 3 is 3.12 bits per heavy atom. The molecule has 94 valence electrons. The van der Waals surface area contributed by atoms with Crippen molar-refractivity contribution in [2.75, 3.05) is 19.8 Å². The SMILES string of the molecule is Cn1nccc1CCNC(=O)C1COCC1N. The molecule has 2 atom stereocenters. The molecule has 17 heavy (non-hydrogen) atoms. The van der Waals surface area contributed by atoms with Gasteiger partial charge in [-0.05, 0) is 6.07 Å². The van der Waals surface area contributed by atoms with Crippen LogP contribution in [0.3, 0.4) is 0 Å². The van der Waals surface area contributed by atoms with Crippen LogP contribution < -0.4 is 11.1 Å². The van der Waals surface area contributed by atoms with E-state index in [1.807, 2.05) is 13.1 Å².